The number of hydrogen-bond acceptors (Lipinski definition) is 6. The SMILES string of the molecule is CCc1cc(Oc2ccc(NC(=O)c3sccc3C)cc2)nc(-c2ccncc2)n1. The van der Waals surface area contributed by atoms with Gasteiger partial charge in [-0.25, -0.2) is 4.98 Å². The molecular weight excluding hydrogens is 396 g/mol. The zero-order valence-corrected chi connectivity index (χ0v) is 17.4. The van der Waals surface area contributed by atoms with Crippen molar-refractivity contribution >= 4 is 22.9 Å². The molecule has 0 aliphatic carbocycles. The van der Waals surface area contributed by atoms with Crippen LogP contribution in [-0.2, 0) is 6.42 Å². The lowest BCUT2D eigenvalue weighted by Crippen LogP contribution is -2.11. The third kappa shape index (κ3) is 4.52. The average molecular weight is 417 g/mol. The van der Waals surface area contributed by atoms with Crippen LogP contribution in [0.15, 0.2) is 66.3 Å². The van der Waals surface area contributed by atoms with Gasteiger partial charge in [0.25, 0.3) is 5.91 Å². The number of rotatable bonds is 6. The van der Waals surface area contributed by atoms with Crippen molar-refractivity contribution in [2.24, 2.45) is 0 Å². The molecule has 150 valence electrons. The number of pyridine rings is 1. The van der Waals surface area contributed by atoms with Gasteiger partial charge in [0.05, 0.1) is 4.88 Å². The molecule has 0 aliphatic heterocycles. The Morgan fingerprint density at radius 2 is 1.83 bits per heavy atom. The molecule has 0 atom stereocenters. The number of nitrogens with zero attached hydrogens (tertiary/aromatic N) is 3. The molecule has 4 aromatic rings. The van der Waals surface area contributed by atoms with Crippen LogP contribution in [0.25, 0.3) is 11.4 Å². The summed E-state index contributed by atoms with van der Waals surface area (Å²) in [6, 6.07) is 14.7. The van der Waals surface area contributed by atoms with Gasteiger partial charge in [-0.3, -0.25) is 9.78 Å². The first kappa shape index (κ1) is 19.7. The third-order valence-electron chi connectivity index (χ3n) is 4.46. The Balaban J connectivity index is 1.50. The van der Waals surface area contributed by atoms with Crippen LogP contribution in [0.2, 0.25) is 0 Å². The molecule has 1 aromatic carbocycles. The molecule has 0 spiro atoms. The predicted octanol–water partition coefficient (Wildman–Crippen LogP) is 5.52. The first-order valence-corrected chi connectivity index (χ1v) is 10.4. The van der Waals surface area contributed by atoms with Crippen LogP contribution >= 0.6 is 11.3 Å². The summed E-state index contributed by atoms with van der Waals surface area (Å²) in [7, 11) is 0. The maximum absolute atomic E-state index is 12.4. The van der Waals surface area contributed by atoms with E-state index in [1.807, 2.05) is 55.6 Å². The fraction of sp³-hybridized carbons (Fsp3) is 0.130. The van der Waals surface area contributed by atoms with Crippen LogP contribution in [0, 0.1) is 6.92 Å². The molecule has 3 aromatic heterocycles. The van der Waals surface area contributed by atoms with Crippen LogP contribution in [0.1, 0.15) is 27.9 Å². The smallest absolute Gasteiger partial charge is 0.265 e. The van der Waals surface area contributed by atoms with Crippen LogP contribution in [-0.4, -0.2) is 20.9 Å². The molecule has 0 unspecified atom stereocenters. The van der Waals surface area contributed by atoms with Gasteiger partial charge in [0.1, 0.15) is 5.75 Å². The number of aryl methyl sites for hydroxylation is 2. The van der Waals surface area contributed by atoms with Crippen molar-refractivity contribution < 1.29 is 9.53 Å². The van der Waals surface area contributed by atoms with Gasteiger partial charge in [0, 0.05) is 35.4 Å². The van der Waals surface area contributed by atoms with E-state index in [-0.39, 0.29) is 5.91 Å². The highest BCUT2D eigenvalue weighted by Gasteiger charge is 2.11. The Bertz CT molecular complexity index is 1160. The number of aromatic nitrogens is 3. The number of anilines is 1. The Hall–Kier alpha value is -3.58. The molecule has 0 saturated carbocycles. The maximum atomic E-state index is 12.4. The van der Waals surface area contributed by atoms with Crippen molar-refractivity contribution in [2.45, 2.75) is 20.3 Å². The standard InChI is InChI=1S/C23H20N4O2S/c1-3-17-14-20(27-22(25-17)16-8-11-24-12-9-16)29-19-6-4-18(5-7-19)26-23(28)21-15(2)10-13-30-21/h4-14H,3H2,1-2H3,(H,26,28). The Labute approximate surface area is 178 Å². The molecular formula is C23H20N4O2S. The molecule has 0 saturated heterocycles. The molecule has 1 amide bonds. The Kier molecular flexibility index (Phi) is 5.81. The third-order valence-corrected chi connectivity index (χ3v) is 5.47. The van der Waals surface area contributed by atoms with Crippen molar-refractivity contribution in [3.8, 4) is 23.0 Å². The molecule has 0 aliphatic rings. The van der Waals surface area contributed by atoms with Gasteiger partial charge in [-0.15, -0.1) is 11.3 Å². The maximum Gasteiger partial charge on any atom is 0.265 e. The second kappa shape index (κ2) is 8.84. The van der Waals surface area contributed by atoms with E-state index in [1.165, 1.54) is 11.3 Å². The summed E-state index contributed by atoms with van der Waals surface area (Å²) in [5.74, 6) is 1.59. The minimum atomic E-state index is -0.110. The fourth-order valence-corrected chi connectivity index (χ4v) is 3.68. The second-order valence-corrected chi connectivity index (χ2v) is 7.54. The lowest BCUT2D eigenvalue weighted by molar-refractivity contribution is 0.103. The lowest BCUT2D eigenvalue weighted by atomic mass is 10.2. The molecule has 1 N–H and O–H groups in total. The van der Waals surface area contributed by atoms with Crippen LogP contribution in [0.3, 0.4) is 0 Å². The van der Waals surface area contributed by atoms with Crippen LogP contribution in [0.4, 0.5) is 5.69 Å². The first-order chi connectivity index (χ1) is 14.6. The molecule has 0 radical (unpaired) electrons. The Morgan fingerprint density at radius 1 is 1.07 bits per heavy atom. The number of benzene rings is 1. The fourth-order valence-electron chi connectivity index (χ4n) is 2.86. The Morgan fingerprint density at radius 3 is 2.50 bits per heavy atom. The van der Waals surface area contributed by atoms with Gasteiger partial charge < -0.3 is 10.1 Å². The highest BCUT2D eigenvalue weighted by atomic mass is 32.1. The summed E-state index contributed by atoms with van der Waals surface area (Å²) in [6.45, 7) is 3.96. The quantitative estimate of drug-likeness (QED) is 0.448. The van der Waals surface area contributed by atoms with E-state index in [4.69, 9.17) is 4.74 Å². The summed E-state index contributed by atoms with van der Waals surface area (Å²) in [5.41, 5.74) is 3.45. The first-order valence-electron chi connectivity index (χ1n) is 9.54. The van der Waals surface area contributed by atoms with E-state index in [0.717, 1.165) is 23.2 Å². The number of carbonyl (C=O) groups excluding carboxylic acids is 1. The molecule has 6 nitrogen and oxygen atoms in total. The molecule has 7 heteroatoms. The number of amides is 1. The molecule has 0 bridgehead atoms. The van der Waals surface area contributed by atoms with E-state index in [9.17, 15) is 4.79 Å². The monoisotopic (exact) mass is 416 g/mol. The average Bonchev–Trinajstić information content (AvgIpc) is 3.21. The topological polar surface area (TPSA) is 77.0 Å². The highest BCUT2D eigenvalue weighted by molar-refractivity contribution is 7.12. The summed E-state index contributed by atoms with van der Waals surface area (Å²) < 4.78 is 5.96. The van der Waals surface area contributed by atoms with Crippen molar-refractivity contribution in [1.82, 2.24) is 15.0 Å². The number of ether oxygens (including phenoxy) is 1. The highest BCUT2D eigenvalue weighted by Crippen LogP contribution is 2.25. The van der Waals surface area contributed by atoms with Gasteiger partial charge in [0.2, 0.25) is 5.88 Å². The molecule has 0 fully saturated rings. The van der Waals surface area contributed by atoms with Gasteiger partial charge in [-0.1, -0.05) is 6.92 Å². The number of hydrogen-bond donors (Lipinski definition) is 1. The predicted molar refractivity (Wildman–Crippen MR) is 118 cm³/mol. The minimum absolute atomic E-state index is 0.110. The van der Waals surface area contributed by atoms with E-state index >= 15 is 0 Å². The van der Waals surface area contributed by atoms with Gasteiger partial charge in [-0.05, 0) is 66.8 Å². The summed E-state index contributed by atoms with van der Waals surface area (Å²) >= 11 is 1.43. The molecule has 30 heavy (non-hydrogen) atoms. The zero-order chi connectivity index (χ0) is 20.9. The molecule has 3 heterocycles. The summed E-state index contributed by atoms with van der Waals surface area (Å²) in [6.07, 6.45) is 4.19. The number of nitrogens with one attached hydrogen (secondary N) is 1. The number of thiophene rings is 1. The summed E-state index contributed by atoms with van der Waals surface area (Å²) in [5, 5.41) is 4.82. The largest absolute Gasteiger partial charge is 0.439 e. The normalized spacial score (nSPS) is 10.6. The zero-order valence-electron chi connectivity index (χ0n) is 16.6. The van der Waals surface area contributed by atoms with Crippen LogP contribution < -0.4 is 10.1 Å². The van der Waals surface area contributed by atoms with E-state index in [2.05, 4.69) is 20.3 Å². The minimum Gasteiger partial charge on any atom is -0.439 e. The van der Waals surface area contributed by atoms with Gasteiger partial charge in [-0.2, -0.15) is 4.98 Å². The van der Waals surface area contributed by atoms with Crippen molar-refractivity contribution in [1.29, 1.82) is 0 Å². The molecule has 4 rings (SSSR count). The van der Waals surface area contributed by atoms with E-state index in [0.29, 0.717) is 28.0 Å². The van der Waals surface area contributed by atoms with Crippen molar-refractivity contribution in [2.75, 3.05) is 5.32 Å². The van der Waals surface area contributed by atoms with E-state index in [1.54, 1.807) is 24.5 Å². The number of carbonyl (C=O) groups is 1. The second-order valence-electron chi connectivity index (χ2n) is 6.62. The van der Waals surface area contributed by atoms with E-state index < -0.39 is 0 Å². The van der Waals surface area contributed by atoms with Gasteiger partial charge >= 0.3 is 0 Å². The van der Waals surface area contributed by atoms with Gasteiger partial charge in [0.15, 0.2) is 5.82 Å². The lowest BCUT2D eigenvalue weighted by Gasteiger charge is -2.10. The van der Waals surface area contributed by atoms with Crippen molar-refractivity contribution in [3.63, 3.8) is 0 Å². The van der Waals surface area contributed by atoms with Crippen molar-refractivity contribution in [3.05, 3.63) is 82.4 Å². The van der Waals surface area contributed by atoms with Crippen LogP contribution in [0.5, 0.6) is 11.6 Å². The summed E-state index contributed by atoms with van der Waals surface area (Å²) in [4.78, 5) is 26.2.